The molecule has 1 aromatic carbocycles. The Labute approximate surface area is 128 Å². The fourth-order valence-electron chi connectivity index (χ4n) is 2.77. The van der Waals surface area contributed by atoms with Crippen molar-refractivity contribution >= 4 is 5.69 Å². The van der Waals surface area contributed by atoms with Crippen molar-refractivity contribution in [2.45, 2.75) is 26.8 Å². The van der Waals surface area contributed by atoms with Crippen molar-refractivity contribution in [3.63, 3.8) is 0 Å². The highest BCUT2D eigenvalue weighted by molar-refractivity contribution is 5.60. The van der Waals surface area contributed by atoms with E-state index in [4.69, 9.17) is 0 Å². The van der Waals surface area contributed by atoms with Crippen molar-refractivity contribution in [3.8, 4) is 6.07 Å². The molecule has 0 amide bonds. The molecule has 21 heavy (non-hydrogen) atoms. The summed E-state index contributed by atoms with van der Waals surface area (Å²) < 4.78 is 0. The van der Waals surface area contributed by atoms with Crippen molar-refractivity contribution in [1.82, 2.24) is 10.2 Å². The number of nitriles is 1. The monoisotopic (exact) mass is 286 g/mol. The lowest BCUT2D eigenvalue weighted by Gasteiger charge is -2.36. The van der Waals surface area contributed by atoms with E-state index in [-0.39, 0.29) is 0 Å². The van der Waals surface area contributed by atoms with Gasteiger partial charge >= 0.3 is 0 Å². The lowest BCUT2D eigenvalue weighted by Crippen LogP contribution is -2.46. The van der Waals surface area contributed by atoms with Crippen LogP contribution < -0.4 is 10.2 Å². The second-order valence-corrected chi connectivity index (χ2v) is 5.56. The molecule has 0 bridgehead atoms. The predicted octanol–water partition coefficient (Wildman–Crippen LogP) is 2.20. The minimum absolute atomic E-state index is 0.802. The molecular formula is C17H26N4. The summed E-state index contributed by atoms with van der Waals surface area (Å²) in [5.41, 5.74) is 3.08. The van der Waals surface area contributed by atoms with Crippen LogP contribution in [0.25, 0.3) is 0 Å². The summed E-state index contributed by atoms with van der Waals surface area (Å²) in [7, 11) is 0. The van der Waals surface area contributed by atoms with Crippen molar-refractivity contribution in [1.29, 1.82) is 5.26 Å². The molecule has 0 unspecified atom stereocenters. The number of hydrogen-bond acceptors (Lipinski definition) is 4. The first-order valence-electron chi connectivity index (χ1n) is 7.99. The Morgan fingerprint density at radius 1 is 1.19 bits per heavy atom. The molecule has 0 spiro atoms. The molecule has 0 aliphatic carbocycles. The van der Waals surface area contributed by atoms with E-state index in [1.54, 1.807) is 0 Å². The van der Waals surface area contributed by atoms with Gasteiger partial charge in [-0.15, -0.1) is 0 Å². The molecule has 4 heteroatoms. The number of piperazine rings is 1. The molecule has 1 aliphatic heterocycles. The van der Waals surface area contributed by atoms with Crippen LogP contribution in [0.15, 0.2) is 18.2 Å². The summed E-state index contributed by atoms with van der Waals surface area (Å²) in [6, 6.07) is 8.66. The molecule has 4 nitrogen and oxygen atoms in total. The number of likely N-dealkylation sites (N-methyl/N-ethyl adjacent to an activating group) is 1. The van der Waals surface area contributed by atoms with Gasteiger partial charge in [0.25, 0.3) is 0 Å². The van der Waals surface area contributed by atoms with E-state index >= 15 is 0 Å². The van der Waals surface area contributed by atoms with Gasteiger partial charge in [-0.05, 0) is 37.2 Å². The molecular weight excluding hydrogens is 260 g/mol. The summed E-state index contributed by atoms with van der Waals surface area (Å²) in [5.74, 6) is 0. The number of benzene rings is 1. The number of anilines is 1. The first-order valence-corrected chi connectivity index (χ1v) is 7.99. The van der Waals surface area contributed by atoms with Gasteiger partial charge < -0.3 is 15.1 Å². The summed E-state index contributed by atoms with van der Waals surface area (Å²) in [6.45, 7) is 11.5. The van der Waals surface area contributed by atoms with Crippen LogP contribution in [0.4, 0.5) is 5.69 Å². The Morgan fingerprint density at radius 3 is 2.57 bits per heavy atom. The third-order valence-electron chi connectivity index (χ3n) is 4.10. The van der Waals surface area contributed by atoms with Gasteiger partial charge in [0, 0.05) is 32.7 Å². The first-order chi connectivity index (χ1) is 10.3. The van der Waals surface area contributed by atoms with Crippen molar-refractivity contribution in [3.05, 3.63) is 29.3 Å². The van der Waals surface area contributed by atoms with Crippen LogP contribution in [-0.4, -0.2) is 44.2 Å². The summed E-state index contributed by atoms with van der Waals surface area (Å²) in [4.78, 5) is 4.79. The molecule has 1 heterocycles. The van der Waals surface area contributed by atoms with Gasteiger partial charge in [-0.25, -0.2) is 0 Å². The number of nitrogens with zero attached hydrogens (tertiary/aromatic N) is 3. The molecule has 1 aliphatic rings. The van der Waals surface area contributed by atoms with E-state index in [0.29, 0.717) is 0 Å². The van der Waals surface area contributed by atoms with Crippen molar-refractivity contribution in [2.75, 3.05) is 44.2 Å². The average molecular weight is 286 g/mol. The van der Waals surface area contributed by atoms with E-state index in [9.17, 15) is 5.26 Å². The van der Waals surface area contributed by atoms with Gasteiger partial charge in [0.1, 0.15) is 6.07 Å². The molecule has 0 aromatic heterocycles. The lowest BCUT2D eigenvalue weighted by atomic mass is 10.1. The van der Waals surface area contributed by atoms with E-state index in [1.807, 2.05) is 6.07 Å². The smallest absolute Gasteiger partial charge is 0.101 e. The minimum Gasteiger partial charge on any atom is -0.368 e. The quantitative estimate of drug-likeness (QED) is 0.814. The van der Waals surface area contributed by atoms with Crippen LogP contribution >= 0.6 is 0 Å². The lowest BCUT2D eigenvalue weighted by molar-refractivity contribution is 0.271. The molecule has 114 valence electrons. The Morgan fingerprint density at radius 2 is 1.95 bits per heavy atom. The zero-order valence-electron chi connectivity index (χ0n) is 13.2. The average Bonchev–Trinajstić information content (AvgIpc) is 2.55. The van der Waals surface area contributed by atoms with Crippen molar-refractivity contribution in [2.24, 2.45) is 0 Å². The maximum Gasteiger partial charge on any atom is 0.101 e. The van der Waals surface area contributed by atoms with Gasteiger partial charge in [-0.1, -0.05) is 19.9 Å². The predicted molar refractivity (Wildman–Crippen MR) is 87.5 cm³/mol. The van der Waals surface area contributed by atoms with Gasteiger partial charge in [0.15, 0.2) is 0 Å². The van der Waals surface area contributed by atoms with Gasteiger partial charge in [-0.2, -0.15) is 5.26 Å². The Hall–Kier alpha value is -1.57. The Bertz CT molecular complexity index is 484. The molecule has 1 N–H and O–H groups in total. The molecule has 1 fully saturated rings. The van der Waals surface area contributed by atoms with E-state index < -0.39 is 0 Å². The minimum atomic E-state index is 0.802. The van der Waals surface area contributed by atoms with Crippen LogP contribution in [0.3, 0.4) is 0 Å². The van der Waals surface area contributed by atoms with Crippen LogP contribution in [0.2, 0.25) is 0 Å². The van der Waals surface area contributed by atoms with Crippen LogP contribution in [-0.2, 0) is 6.54 Å². The van der Waals surface area contributed by atoms with Crippen molar-refractivity contribution < 1.29 is 0 Å². The molecule has 0 saturated carbocycles. The molecule has 0 radical (unpaired) electrons. The Kier molecular flexibility index (Phi) is 6.04. The number of hydrogen-bond donors (Lipinski definition) is 1. The first kappa shape index (κ1) is 15.8. The van der Waals surface area contributed by atoms with Gasteiger partial charge in [0.2, 0.25) is 0 Å². The third kappa shape index (κ3) is 4.20. The summed E-state index contributed by atoms with van der Waals surface area (Å²) in [5, 5.41) is 12.8. The normalized spacial score (nSPS) is 16.0. The van der Waals surface area contributed by atoms with E-state index in [2.05, 4.69) is 47.2 Å². The van der Waals surface area contributed by atoms with Crippen LogP contribution in [0.5, 0.6) is 0 Å². The second kappa shape index (κ2) is 8.02. The highest BCUT2D eigenvalue weighted by Crippen LogP contribution is 2.23. The van der Waals surface area contributed by atoms with Gasteiger partial charge in [0.05, 0.1) is 11.3 Å². The standard InChI is InChI=1S/C17H26N4/c1-3-7-19-14-15-5-6-17(16(12-15)13-18)21-10-8-20(4-2)9-11-21/h5-6,12,19H,3-4,7-11,14H2,1-2H3. The largest absolute Gasteiger partial charge is 0.368 e. The van der Waals surface area contributed by atoms with E-state index in [1.165, 1.54) is 5.56 Å². The SMILES string of the molecule is CCCNCc1ccc(N2CCN(CC)CC2)c(C#N)c1. The van der Waals surface area contributed by atoms with Crippen LogP contribution in [0.1, 0.15) is 31.4 Å². The fraction of sp³-hybridized carbons (Fsp3) is 0.588. The second-order valence-electron chi connectivity index (χ2n) is 5.56. The van der Waals surface area contributed by atoms with Gasteiger partial charge in [-0.3, -0.25) is 0 Å². The maximum absolute atomic E-state index is 9.44. The Balaban J connectivity index is 2.05. The van der Waals surface area contributed by atoms with E-state index in [0.717, 1.165) is 63.5 Å². The molecule has 1 saturated heterocycles. The molecule has 2 rings (SSSR count). The third-order valence-corrected chi connectivity index (χ3v) is 4.10. The zero-order valence-corrected chi connectivity index (χ0v) is 13.2. The van der Waals surface area contributed by atoms with Crippen LogP contribution in [0, 0.1) is 11.3 Å². The maximum atomic E-state index is 9.44. The zero-order chi connectivity index (χ0) is 15.1. The number of nitrogens with one attached hydrogen (secondary N) is 1. The number of rotatable bonds is 6. The highest BCUT2D eigenvalue weighted by atomic mass is 15.3. The molecule has 1 aromatic rings. The molecule has 0 atom stereocenters. The highest BCUT2D eigenvalue weighted by Gasteiger charge is 2.18. The summed E-state index contributed by atoms with van der Waals surface area (Å²) >= 11 is 0. The fourth-order valence-corrected chi connectivity index (χ4v) is 2.77. The summed E-state index contributed by atoms with van der Waals surface area (Å²) in [6.07, 6.45) is 1.13. The topological polar surface area (TPSA) is 42.3 Å².